The monoisotopic (exact) mass is 463 g/mol. The van der Waals surface area contributed by atoms with Crippen molar-refractivity contribution < 1.29 is 27.4 Å². The number of carbonyl (C=O) groups is 1. The number of nitrogens with zero attached hydrogens (tertiary/aromatic N) is 4. The largest absolute Gasteiger partial charge is 0.573 e. The fourth-order valence-electron chi connectivity index (χ4n) is 2.81. The molecule has 164 valence electrons. The molecule has 0 aliphatic carbocycles. The molecule has 1 aliphatic heterocycles. The first-order valence-corrected chi connectivity index (χ1v) is 10.4. The van der Waals surface area contributed by atoms with Gasteiger partial charge in [0.25, 0.3) is 5.91 Å². The minimum absolute atomic E-state index is 0.0628. The van der Waals surface area contributed by atoms with Gasteiger partial charge >= 0.3 is 6.36 Å². The van der Waals surface area contributed by atoms with Crippen LogP contribution in [0.5, 0.6) is 11.5 Å². The summed E-state index contributed by atoms with van der Waals surface area (Å²) in [5.41, 5.74) is 0.389. The lowest BCUT2D eigenvalue weighted by atomic mass is 10.2. The number of piperazine rings is 1. The van der Waals surface area contributed by atoms with Crippen molar-refractivity contribution in [2.45, 2.75) is 15.6 Å². The number of hydrogen-bond donors (Lipinski definition) is 1. The van der Waals surface area contributed by atoms with Gasteiger partial charge in [-0.2, -0.15) is 4.37 Å². The molecule has 1 N–H and O–H groups in total. The molecule has 3 heterocycles. The van der Waals surface area contributed by atoms with Crippen molar-refractivity contribution in [3.05, 3.63) is 18.0 Å². The van der Waals surface area contributed by atoms with Crippen LogP contribution in [-0.2, 0) is 0 Å². The Morgan fingerprint density at radius 3 is 2.60 bits per heavy atom. The predicted octanol–water partition coefficient (Wildman–Crippen LogP) is 2.71. The standard InChI is InChI=1S/C17H20F3N5O3S2/c1-21-15(26)13-14(28-17(18,19)20)16(30-23-13)29-12-8-11(27-3)10(9-22-12)25-6-4-24(2)5-7-25/h8-9H,4-7H2,1-3H3,(H,21,26). The topological polar surface area (TPSA) is 79.8 Å². The number of ether oxygens (including phenoxy) is 2. The first-order valence-electron chi connectivity index (χ1n) is 8.84. The molecule has 0 bridgehead atoms. The van der Waals surface area contributed by atoms with E-state index in [1.54, 1.807) is 12.3 Å². The third-order valence-corrected chi connectivity index (χ3v) is 6.26. The van der Waals surface area contributed by atoms with Gasteiger partial charge < -0.3 is 24.6 Å². The lowest BCUT2D eigenvalue weighted by Gasteiger charge is -2.34. The maximum absolute atomic E-state index is 12.9. The summed E-state index contributed by atoms with van der Waals surface area (Å²) in [5, 5.41) is 2.65. The van der Waals surface area contributed by atoms with Gasteiger partial charge in [-0.15, -0.1) is 13.2 Å². The Balaban J connectivity index is 1.87. The Bertz CT molecular complexity index is 901. The number of rotatable bonds is 6. The predicted molar refractivity (Wildman–Crippen MR) is 107 cm³/mol. The zero-order valence-electron chi connectivity index (χ0n) is 16.4. The minimum atomic E-state index is -4.96. The fourth-order valence-corrected chi connectivity index (χ4v) is 4.58. The van der Waals surface area contributed by atoms with E-state index in [1.165, 1.54) is 14.2 Å². The second-order valence-corrected chi connectivity index (χ2v) is 8.42. The zero-order chi connectivity index (χ0) is 21.9. The van der Waals surface area contributed by atoms with Crippen molar-refractivity contribution in [2.24, 2.45) is 0 Å². The molecule has 30 heavy (non-hydrogen) atoms. The highest BCUT2D eigenvalue weighted by atomic mass is 32.2. The van der Waals surface area contributed by atoms with Gasteiger partial charge in [-0.05, 0) is 18.6 Å². The first-order chi connectivity index (χ1) is 14.2. The van der Waals surface area contributed by atoms with Gasteiger partial charge in [-0.1, -0.05) is 11.8 Å². The number of halogens is 3. The Kier molecular flexibility index (Phi) is 6.93. The average molecular weight is 464 g/mol. The summed E-state index contributed by atoms with van der Waals surface area (Å²) in [6.07, 6.45) is -3.32. The van der Waals surface area contributed by atoms with Crippen LogP contribution in [0.2, 0.25) is 0 Å². The van der Waals surface area contributed by atoms with E-state index >= 15 is 0 Å². The van der Waals surface area contributed by atoms with E-state index in [0.29, 0.717) is 10.8 Å². The number of amides is 1. The molecular formula is C17H20F3N5O3S2. The van der Waals surface area contributed by atoms with Gasteiger partial charge in [0.05, 0.1) is 19.0 Å². The summed E-state index contributed by atoms with van der Waals surface area (Å²) in [6, 6.07) is 1.65. The molecule has 1 fully saturated rings. The Morgan fingerprint density at radius 2 is 2.00 bits per heavy atom. The number of anilines is 1. The third-order valence-electron chi connectivity index (χ3n) is 4.36. The molecule has 2 aromatic rings. The Morgan fingerprint density at radius 1 is 1.30 bits per heavy atom. The summed E-state index contributed by atoms with van der Waals surface area (Å²) in [5.74, 6) is -0.847. The second kappa shape index (κ2) is 9.27. The number of likely N-dealkylation sites (N-methyl/N-ethyl adjacent to an activating group) is 1. The maximum atomic E-state index is 12.9. The third kappa shape index (κ3) is 5.26. The van der Waals surface area contributed by atoms with E-state index in [4.69, 9.17) is 4.74 Å². The summed E-state index contributed by atoms with van der Waals surface area (Å²) in [4.78, 5) is 20.6. The van der Waals surface area contributed by atoms with Crippen LogP contribution in [0, 0.1) is 0 Å². The van der Waals surface area contributed by atoms with Crippen molar-refractivity contribution in [1.82, 2.24) is 19.6 Å². The maximum Gasteiger partial charge on any atom is 0.573 e. The number of carbonyl (C=O) groups excluding carboxylic acids is 1. The lowest BCUT2D eigenvalue weighted by molar-refractivity contribution is -0.275. The van der Waals surface area contributed by atoms with E-state index in [0.717, 1.165) is 55.2 Å². The van der Waals surface area contributed by atoms with E-state index < -0.39 is 23.7 Å². The number of aromatic nitrogens is 2. The molecule has 0 atom stereocenters. The number of alkyl halides is 3. The van der Waals surface area contributed by atoms with Crippen LogP contribution in [0.25, 0.3) is 0 Å². The van der Waals surface area contributed by atoms with Gasteiger partial charge in [0, 0.05) is 39.3 Å². The highest BCUT2D eigenvalue weighted by Crippen LogP contribution is 2.43. The van der Waals surface area contributed by atoms with Gasteiger partial charge in [0.15, 0.2) is 11.4 Å². The molecule has 1 amide bonds. The molecule has 1 saturated heterocycles. The molecule has 1 aliphatic rings. The van der Waals surface area contributed by atoms with E-state index in [1.807, 2.05) is 0 Å². The Hall–Kier alpha value is -2.25. The van der Waals surface area contributed by atoms with Crippen LogP contribution < -0.4 is 19.7 Å². The van der Waals surface area contributed by atoms with Crippen LogP contribution in [0.4, 0.5) is 18.9 Å². The highest BCUT2D eigenvalue weighted by Gasteiger charge is 2.36. The summed E-state index contributed by atoms with van der Waals surface area (Å²) in [6.45, 7) is 3.44. The van der Waals surface area contributed by atoms with Crippen molar-refractivity contribution in [1.29, 1.82) is 0 Å². The van der Waals surface area contributed by atoms with E-state index in [9.17, 15) is 18.0 Å². The zero-order valence-corrected chi connectivity index (χ0v) is 18.1. The van der Waals surface area contributed by atoms with E-state index in [-0.39, 0.29) is 4.21 Å². The minimum Gasteiger partial charge on any atom is -0.494 e. The SMILES string of the molecule is CNC(=O)c1nsc(Sc2cc(OC)c(N3CCN(C)CC3)cn2)c1OC(F)(F)F. The molecule has 13 heteroatoms. The second-order valence-electron chi connectivity index (χ2n) is 6.36. The molecule has 2 aromatic heterocycles. The summed E-state index contributed by atoms with van der Waals surface area (Å²) >= 11 is 1.65. The summed E-state index contributed by atoms with van der Waals surface area (Å²) in [7, 11) is 4.88. The van der Waals surface area contributed by atoms with E-state index in [2.05, 4.69) is 36.3 Å². The van der Waals surface area contributed by atoms with Crippen LogP contribution in [-0.4, -0.2) is 73.9 Å². The van der Waals surface area contributed by atoms with Crippen LogP contribution >= 0.6 is 23.3 Å². The van der Waals surface area contributed by atoms with Crippen LogP contribution in [0.1, 0.15) is 10.5 Å². The first kappa shape index (κ1) is 22.4. The molecule has 3 rings (SSSR count). The molecule has 0 radical (unpaired) electrons. The molecule has 0 unspecified atom stereocenters. The summed E-state index contributed by atoms with van der Waals surface area (Å²) < 4.78 is 52.0. The van der Waals surface area contributed by atoms with Crippen LogP contribution in [0.15, 0.2) is 21.5 Å². The van der Waals surface area contributed by atoms with Crippen molar-refractivity contribution in [3.63, 3.8) is 0 Å². The molecule has 0 spiro atoms. The highest BCUT2D eigenvalue weighted by molar-refractivity contribution is 8.01. The van der Waals surface area contributed by atoms with Gasteiger partial charge in [-0.25, -0.2) is 4.98 Å². The number of methoxy groups -OCH3 is 1. The lowest BCUT2D eigenvalue weighted by Crippen LogP contribution is -2.44. The molecule has 0 saturated carbocycles. The van der Waals surface area contributed by atoms with Gasteiger partial charge in [0.1, 0.15) is 15.0 Å². The Labute approximate surface area is 179 Å². The molecule has 0 aromatic carbocycles. The number of hydrogen-bond acceptors (Lipinski definition) is 9. The fraction of sp³-hybridized carbons (Fsp3) is 0.471. The van der Waals surface area contributed by atoms with Crippen molar-refractivity contribution >= 4 is 34.9 Å². The normalized spacial score (nSPS) is 15.2. The van der Waals surface area contributed by atoms with Crippen molar-refractivity contribution in [3.8, 4) is 11.5 Å². The molecule has 8 nitrogen and oxygen atoms in total. The van der Waals surface area contributed by atoms with Gasteiger partial charge in [0.2, 0.25) is 0 Å². The average Bonchev–Trinajstić information content (AvgIpc) is 3.08. The quantitative estimate of drug-likeness (QED) is 0.701. The number of nitrogens with one attached hydrogen (secondary N) is 1. The van der Waals surface area contributed by atoms with Gasteiger partial charge in [-0.3, -0.25) is 4.79 Å². The van der Waals surface area contributed by atoms with Crippen molar-refractivity contribution in [2.75, 3.05) is 52.3 Å². The number of pyridine rings is 1. The van der Waals surface area contributed by atoms with Crippen LogP contribution in [0.3, 0.4) is 0 Å². The smallest absolute Gasteiger partial charge is 0.494 e. The molecular weight excluding hydrogens is 443 g/mol.